The third-order valence-electron chi connectivity index (χ3n) is 3.51. The van der Waals surface area contributed by atoms with Crippen molar-refractivity contribution >= 4 is 11.6 Å². The lowest BCUT2D eigenvalue weighted by Crippen LogP contribution is -2.31. The van der Waals surface area contributed by atoms with Crippen molar-refractivity contribution in [1.29, 1.82) is 0 Å². The van der Waals surface area contributed by atoms with E-state index in [1.165, 1.54) is 6.42 Å². The van der Waals surface area contributed by atoms with Crippen LogP contribution in [0.5, 0.6) is 0 Å². The van der Waals surface area contributed by atoms with Crippen LogP contribution in [0, 0.1) is 0 Å². The highest BCUT2D eigenvalue weighted by Crippen LogP contribution is 2.22. The maximum atomic E-state index is 5.12. The molecule has 0 aromatic carbocycles. The van der Waals surface area contributed by atoms with Crippen LogP contribution < -0.4 is 10.2 Å². The van der Waals surface area contributed by atoms with Crippen molar-refractivity contribution < 1.29 is 4.74 Å². The molecule has 2 rings (SSSR count). The molecule has 6 nitrogen and oxygen atoms in total. The molecule has 1 aliphatic rings. The second kappa shape index (κ2) is 6.16. The SMILES string of the molecule is CNc1cc(N2CCC(N(C)C)C2)nc(COC)n1. The Morgan fingerprint density at radius 1 is 1.47 bits per heavy atom. The van der Waals surface area contributed by atoms with E-state index in [4.69, 9.17) is 4.74 Å². The van der Waals surface area contributed by atoms with Gasteiger partial charge in [0.05, 0.1) is 0 Å². The number of rotatable bonds is 5. The summed E-state index contributed by atoms with van der Waals surface area (Å²) >= 11 is 0. The zero-order valence-corrected chi connectivity index (χ0v) is 12.2. The van der Waals surface area contributed by atoms with Gasteiger partial charge < -0.3 is 19.9 Å². The quantitative estimate of drug-likeness (QED) is 0.850. The van der Waals surface area contributed by atoms with Crippen molar-refractivity contribution in [3.8, 4) is 0 Å². The van der Waals surface area contributed by atoms with Crippen LogP contribution in [0.15, 0.2) is 6.07 Å². The molecular weight excluding hydrogens is 242 g/mol. The second-order valence-electron chi connectivity index (χ2n) is 5.06. The van der Waals surface area contributed by atoms with E-state index in [0.29, 0.717) is 12.6 Å². The molecule has 0 amide bonds. The standard InChI is InChI=1S/C13H23N5O/c1-14-11-7-13(16-12(15-11)9-19-4)18-6-5-10(8-18)17(2)3/h7,10H,5-6,8-9H2,1-4H3,(H,14,15,16). The number of hydrogen-bond acceptors (Lipinski definition) is 6. The Balaban J connectivity index is 2.17. The van der Waals surface area contributed by atoms with Crippen molar-refractivity contribution in [2.75, 3.05) is 51.6 Å². The molecule has 1 unspecified atom stereocenters. The van der Waals surface area contributed by atoms with E-state index in [0.717, 1.165) is 30.5 Å². The number of likely N-dealkylation sites (N-methyl/N-ethyl adjacent to an activating group) is 1. The van der Waals surface area contributed by atoms with Crippen LogP contribution in [0.1, 0.15) is 12.2 Å². The van der Waals surface area contributed by atoms with Crippen molar-refractivity contribution in [3.05, 3.63) is 11.9 Å². The third kappa shape index (κ3) is 3.33. The zero-order valence-electron chi connectivity index (χ0n) is 12.2. The fraction of sp³-hybridized carbons (Fsp3) is 0.692. The lowest BCUT2D eigenvalue weighted by atomic mass is 10.2. The van der Waals surface area contributed by atoms with Crippen LogP contribution in [-0.4, -0.2) is 62.3 Å². The molecule has 106 valence electrons. The summed E-state index contributed by atoms with van der Waals surface area (Å²) in [7, 11) is 7.79. The highest BCUT2D eigenvalue weighted by Gasteiger charge is 2.25. The summed E-state index contributed by atoms with van der Waals surface area (Å²) in [5, 5.41) is 3.08. The number of nitrogens with one attached hydrogen (secondary N) is 1. The lowest BCUT2D eigenvalue weighted by molar-refractivity contribution is 0.178. The number of ether oxygens (including phenoxy) is 1. The Hall–Kier alpha value is -1.40. The summed E-state index contributed by atoms with van der Waals surface area (Å²) < 4.78 is 5.12. The van der Waals surface area contributed by atoms with Crippen LogP contribution in [0.4, 0.5) is 11.6 Å². The van der Waals surface area contributed by atoms with E-state index in [9.17, 15) is 0 Å². The van der Waals surface area contributed by atoms with E-state index in [1.807, 2.05) is 13.1 Å². The smallest absolute Gasteiger partial charge is 0.158 e. The van der Waals surface area contributed by atoms with Crippen LogP contribution >= 0.6 is 0 Å². The summed E-state index contributed by atoms with van der Waals surface area (Å²) in [6.07, 6.45) is 1.17. The molecule has 2 heterocycles. The summed E-state index contributed by atoms with van der Waals surface area (Å²) in [5.74, 6) is 2.54. The molecule has 1 saturated heterocycles. The molecule has 0 aliphatic carbocycles. The van der Waals surface area contributed by atoms with Crippen molar-refractivity contribution in [3.63, 3.8) is 0 Å². The first-order valence-corrected chi connectivity index (χ1v) is 6.60. The van der Waals surface area contributed by atoms with Crippen LogP contribution in [-0.2, 0) is 11.3 Å². The Kier molecular flexibility index (Phi) is 4.55. The number of hydrogen-bond donors (Lipinski definition) is 1. The molecule has 0 saturated carbocycles. The number of aromatic nitrogens is 2. The molecule has 19 heavy (non-hydrogen) atoms. The first-order chi connectivity index (χ1) is 9.13. The van der Waals surface area contributed by atoms with Gasteiger partial charge in [0.2, 0.25) is 0 Å². The third-order valence-corrected chi connectivity index (χ3v) is 3.51. The van der Waals surface area contributed by atoms with Crippen molar-refractivity contribution in [2.45, 2.75) is 19.1 Å². The van der Waals surface area contributed by atoms with Gasteiger partial charge in [-0.2, -0.15) is 0 Å². The number of anilines is 2. The van der Waals surface area contributed by atoms with E-state index in [2.05, 4.69) is 39.2 Å². The number of nitrogens with zero attached hydrogens (tertiary/aromatic N) is 4. The molecule has 1 aromatic heterocycles. The van der Waals surface area contributed by atoms with Gasteiger partial charge in [-0.05, 0) is 20.5 Å². The first-order valence-electron chi connectivity index (χ1n) is 6.60. The second-order valence-corrected chi connectivity index (χ2v) is 5.06. The van der Waals surface area contributed by atoms with Gasteiger partial charge in [-0.25, -0.2) is 9.97 Å². The molecule has 1 aromatic rings. The number of methoxy groups -OCH3 is 1. The van der Waals surface area contributed by atoms with Gasteiger partial charge in [-0.15, -0.1) is 0 Å². The van der Waals surface area contributed by atoms with Gasteiger partial charge in [0.15, 0.2) is 5.82 Å². The van der Waals surface area contributed by atoms with E-state index in [1.54, 1.807) is 7.11 Å². The summed E-state index contributed by atoms with van der Waals surface area (Å²) in [5.41, 5.74) is 0. The van der Waals surface area contributed by atoms with E-state index >= 15 is 0 Å². The molecule has 0 spiro atoms. The van der Waals surface area contributed by atoms with E-state index in [-0.39, 0.29) is 0 Å². The molecule has 1 fully saturated rings. The molecule has 0 radical (unpaired) electrons. The Labute approximate surface area is 114 Å². The summed E-state index contributed by atoms with van der Waals surface area (Å²) in [6.45, 7) is 2.49. The highest BCUT2D eigenvalue weighted by atomic mass is 16.5. The topological polar surface area (TPSA) is 53.5 Å². The normalized spacial score (nSPS) is 19.2. The Morgan fingerprint density at radius 2 is 2.26 bits per heavy atom. The van der Waals surface area contributed by atoms with Gasteiger partial charge in [0, 0.05) is 39.4 Å². The maximum absolute atomic E-state index is 5.12. The van der Waals surface area contributed by atoms with Crippen LogP contribution in [0.3, 0.4) is 0 Å². The van der Waals surface area contributed by atoms with E-state index < -0.39 is 0 Å². The van der Waals surface area contributed by atoms with Gasteiger partial charge in [0.25, 0.3) is 0 Å². The first kappa shape index (κ1) is 14.0. The Bertz CT molecular complexity index is 423. The average Bonchev–Trinajstić information content (AvgIpc) is 2.88. The Morgan fingerprint density at radius 3 is 2.84 bits per heavy atom. The highest BCUT2D eigenvalue weighted by molar-refractivity contribution is 5.50. The van der Waals surface area contributed by atoms with Crippen LogP contribution in [0.2, 0.25) is 0 Å². The van der Waals surface area contributed by atoms with Gasteiger partial charge in [-0.3, -0.25) is 0 Å². The average molecular weight is 265 g/mol. The minimum absolute atomic E-state index is 0.438. The summed E-state index contributed by atoms with van der Waals surface area (Å²) in [4.78, 5) is 13.5. The molecule has 1 N–H and O–H groups in total. The predicted octanol–water partition coefficient (Wildman–Crippen LogP) is 0.805. The lowest BCUT2D eigenvalue weighted by Gasteiger charge is -2.21. The zero-order chi connectivity index (χ0) is 13.8. The van der Waals surface area contributed by atoms with Crippen molar-refractivity contribution in [2.24, 2.45) is 0 Å². The molecular formula is C13H23N5O. The predicted molar refractivity (Wildman–Crippen MR) is 76.6 cm³/mol. The van der Waals surface area contributed by atoms with Crippen molar-refractivity contribution in [1.82, 2.24) is 14.9 Å². The fourth-order valence-electron chi connectivity index (χ4n) is 2.34. The minimum Gasteiger partial charge on any atom is -0.377 e. The van der Waals surface area contributed by atoms with Gasteiger partial charge in [0.1, 0.15) is 18.2 Å². The van der Waals surface area contributed by atoms with Gasteiger partial charge in [-0.1, -0.05) is 0 Å². The molecule has 6 heteroatoms. The largest absolute Gasteiger partial charge is 0.377 e. The molecule has 1 aliphatic heterocycles. The van der Waals surface area contributed by atoms with Gasteiger partial charge >= 0.3 is 0 Å². The fourth-order valence-corrected chi connectivity index (χ4v) is 2.34. The molecule has 0 bridgehead atoms. The summed E-state index contributed by atoms with van der Waals surface area (Å²) in [6, 6.07) is 2.59. The minimum atomic E-state index is 0.438. The molecule has 1 atom stereocenters. The maximum Gasteiger partial charge on any atom is 0.158 e. The van der Waals surface area contributed by atoms with Crippen LogP contribution in [0.25, 0.3) is 0 Å². The monoisotopic (exact) mass is 265 g/mol.